The SMILES string of the molecule is O=C(NC1CCC(O)CC1)NC1CCN(CCc2ccccc2)CC1. The molecule has 0 bridgehead atoms. The van der Waals surface area contributed by atoms with Gasteiger partial charge in [-0.1, -0.05) is 30.3 Å². The second-order valence-corrected chi connectivity index (χ2v) is 7.47. The van der Waals surface area contributed by atoms with Crippen molar-refractivity contribution in [3.05, 3.63) is 35.9 Å². The third-order valence-electron chi connectivity index (χ3n) is 5.51. The molecule has 3 N–H and O–H groups in total. The molecule has 0 aromatic heterocycles. The number of carbonyl (C=O) groups is 1. The van der Waals surface area contributed by atoms with E-state index in [1.54, 1.807) is 0 Å². The van der Waals surface area contributed by atoms with Crippen molar-refractivity contribution in [3.63, 3.8) is 0 Å². The zero-order chi connectivity index (χ0) is 17.5. The predicted octanol–water partition coefficient (Wildman–Crippen LogP) is 2.30. The van der Waals surface area contributed by atoms with E-state index in [-0.39, 0.29) is 24.2 Å². The van der Waals surface area contributed by atoms with E-state index in [4.69, 9.17) is 0 Å². The summed E-state index contributed by atoms with van der Waals surface area (Å²) >= 11 is 0. The summed E-state index contributed by atoms with van der Waals surface area (Å²) < 4.78 is 0. The van der Waals surface area contributed by atoms with Crippen molar-refractivity contribution in [2.75, 3.05) is 19.6 Å². The molecule has 1 aromatic carbocycles. The smallest absolute Gasteiger partial charge is 0.315 e. The van der Waals surface area contributed by atoms with Crippen LogP contribution in [0.5, 0.6) is 0 Å². The first-order valence-corrected chi connectivity index (χ1v) is 9.70. The molecule has 1 saturated heterocycles. The Labute approximate surface area is 150 Å². The van der Waals surface area contributed by atoms with Gasteiger partial charge in [0.05, 0.1) is 6.10 Å². The lowest BCUT2D eigenvalue weighted by Gasteiger charge is -2.33. The number of aliphatic hydroxyl groups excluding tert-OH is 1. The van der Waals surface area contributed by atoms with Gasteiger partial charge in [-0.2, -0.15) is 0 Å². The van der Waals surface area contributed by atoms with Crippen LogP contribution in [0.4, 0.5) is 4.79 Å². The lowest BCUT2D eigenvalue weighted by atomic mass is 9.93. The molecule has 5 heteroatoms. The summed E-state index contributed by atoms with van der Waals surface area (Å²) in [6, 6.07) is 11.1. The van der Waals surface area contributed by atoms with Crippen LogP contribution in [0.25, 0.3) is 0 Å². The molecule has 3 rings (SSSR count). The Hall–Kier alpha value is -1.59. The van der Waals surface area contributed by atoms with Gasteiger partial charge in [0, 0.05) is 31.7 Å². The molecule has 2 amide bonds. The summed E-state index contributed by atoms with van der Waals surface area (Å²) in [4.78, 5) is 14.6. The van der Waals surface area contributed by atoms with Gasteiger partial charge in [-0.15, -0.1) is 0 Å². The van der Waals surface area contributed by atoms with Crippen molar-refractivity contribution < 1.29 is 9.90 Å². The van der Waals surface area contributed by atoms with Crippen molar-refractivity contribution in [1.82, 2.24) is 15.5 Å². The quantitative estimate of drug-likeness (QED) is 0.767. The summed E-state index contributed by atoms with van der Waals surface area (Å²) in [7, 11) is 0. The van der Waals surface area contributed by atoms with Gasteiger partial charge < -0.3 is 20.6 Å². The van der Waals surface area contributed by atoms with Crippen molar-refractivity contribution in [2.24, 2.45) is 0 Å². The van der Waals surface area contributed by atoms with E-state index in [2.05, 4.69) is 45.9 Å². The standard InChI is InChI=1S/C20H31N3O2/c24-19-8-6-17(7-9-19)21-20(25)22-18-11-14-23(15-12-18)13-10-16-4-2-1-3-5-16/h1-5,17-19,24H,6-15H2,(H2,21,22,25). The fourth-order valence-electron chi connectivity index (χ4n) is 3.87. The molecule has 1 heterocycles. The highest BCUT2D eigenvalue weighted by atomic mass is 16.3. The summed E-state index contributed by atoms with van der Waals surface area (Å²) in [5.74, 6) is 0. The molecule has 1 aromatic rings. The van der Waals surface area contributed by atoms with Gasteiger partial charge >= 0.3 is 6.03 Å². The van der Waals surface area contributed by atoms with Crippen LogP contribution in [0.1, 0.15) is 44.1 Å². The van der Waals surface area contributed by atoms with Gasteiger partial charge in [0.2, 0.25) is 0 Å². The number of hydrogen-bond donors (Lipinski definition) is 3. The van der Waals surface area contributed by atoms with Gasteiger partial charge in [0.15, 0.2) is 0 Å². The van der Waals surface area contributed by atoms with Crippen LogP contribution in [0.3, 0.4) is 0 Å². The number of benzene rings is 1. The van der Waals surface area contributed by atoms with Crippen LogP contribution in [-0.2, 0) is 6.42 Å². The molecule has 0 spiro atoms. The third-order valence-corrected chi connectivity index (χ3v) is 5.51. The monoisotopic (exact) mass is 345 g/mol. The fourth-order valence-corrected chi connectivity index (χ4v) is 3.87. The maximum atomic E-state index is 12.2. The first-order chi connectivity index (χ1) is 12.2. The maximum Gasteiger partial charge on any atom is 0.315 e. The van der Waals surface area contributed by atoms with E-state index < -0.39 is 0 Å². The first-order valence-electron chi connectivity index (χ1n) is 9.70. The number of nitrogens with one attached hydrogen (secondary N) is 2. The zero-order valence-corrected chi connectivity index (χ0v) is 15.0. The number of piperidine rings is 1. The minimum absolute atomic E-state index is 0.0378. The third kappa shape index (κ3) is 6.01. The molecule has 2 aliphatic rings. The Morgan fingerprint density at radius 2 is 1.56 bits per heavy atom. The van der Waals surface area contributed by atoms with Gasteiger partial charge in [0.25, 0.3) is 0 Å². The van der Waals surface area contributed by atoms with Crippen molar-refractivity contribution in [3.8, 4) is 0 Å². The molecule has 2 fully saturated rings. The summed E-state index contributed by atoms with van der Waals surface area (Å²) in [6.45, 7) is 3.19. The Morgan fingerprint density at radius 1 is 0.960 bits per heavy atom. The Kier molecular flexibility index (Phi) is 6.70. The lowest BCUT2D eigenvalue weighted by molar-refractivity contribution is 0.117. The largest absolute Gasteiger partial charge is 0.393 e. The molecule has 138 valence electrons. The molecule has 1 saturated carbocycles. The highest BCUT2D eigenvalue weighted by molar-refractivity contribution is 5.74. The van der Waals surface area contributed by atoms with Crippen LogP contribution in [-0.4, -0.2) is 53.9 Å². The number of rotatable bonds is 5. The average Bonchev–Trinajstić information content (AvgIpc) is 2.64. The van der Waals surface area contributed by atoms with Gasteiger partial charge in [-0.05, 0) is 50.5 Å². The van der Waals surface area contributed by atoms with Crippen LogP contribution in [0.2, 0.25) is 0 Å². The molecule has 5 nitrogen and oxygen atoms in total. The molecule has 0 radical (unpaired) electrons. The number of urea groups is 1. The van der Waals surface area contributed by atoms with Crippen LogP contribution in [0, 0.1) is 0 Å². The van der Waals surface area contributed by atoms with Crippen LogP contribution >= 0.6 is 0 Å². The molecule has 0 atom stereocenters. The first kappa shape index (κ1) is 18.2. The summed E-state index contributed by atoms with van der Waals surface area (Å²) in [5, 5.41) is 15.7. The Bertz CT molecular complexity index is 521. The van der Waals surface area contributed by atoms with Gasteiger partial charge in [-0.3, -0.25) is 0 Å². The highest BCUT2D eigenvalue weighted by Crippen LogP contribution is 2.18. The normalized spacial score (nSPS) is 25.5. The number of amides is 2. The second kappa shape index (κ2) is 9.20. The van der Waals surface area contributed by atoms with Crippen molar-refractivity contribution >= 4 is 6.03 Å². The van der Waals surface area contributed by atoms with Gasteiger partial charge in [-0.25, -0.2) is 4.79 Å². The average molecular weight is 345 g/mol. The Balaban J connectivity index is 1.31. The number of aliphatic hydroxyl groups is 1. The molecular weight excluding hydrogens is 314 g/mol. The maximum absolute atomic E-state index is 12.2. The molecule has 0 unspecified atom stereocenters. The topological polar surface area (TPSA) is 64.6 Å². The summed E-state index contributed by atoms with van der Waals surface area (Å²) in [5.41, 5.74) is 1.39. The van der Waals surface area contributed by atoms with E-state index in [1.165, 1.54) is 5.56 Å². The van der Waals surface area contributed by atoms with Crippen LogP contribution in [0.15, 0.2) is 30.3 Å². The number of hydrogen-bond acceptors (Lipinski definition) is 3. The minimum atomic E-state index is -0.179. The van der Waals surface area contributed by atoms with E-state index in [9.17, 15) is 9.90 Å². The van der Waals surface area contributed by atoms with Gasteiger partial charge in [0.1, 0.15) is 0 Å². The minimum Gasteiger partial charge on any atom is -0.393 e. The number of likely N-dealkylation sites (tertiary alicyclic amines) is 1. The van der Waals surface area contributed by atoms with E-state index in [1.807, 2.05) is 0 Å². The lowest BCUT2D eigenvalue weighted by Crippen LogP contribution is -2.50. The van der Waals surface area contributed by atoms with Crippen molar-refractivity contribution in [1.29, 1.82) is 0 Å². The van der Waals surface area contributed by atoms with Crippen molar-refractivity contribution in [2.45, 2.75) is 63.1 Å². The fraction of sp³-hybridized carbons (Fsp3) is 0.650. The van der Waals surface area contributed by atoms with Crippen LogP contribution < -0.4 is 10.6 Å². The second-order valence-electron chi connectivity index (χ2n) is 7.47. The van der Waals surface area contributed by atoms with E-state index in [0.29, 0.717) is 0 Å². The zero-order valence-electron chi connectivity index (χ0n) is 15.0. The molecule has 1 aliphatic carbocycles. The number of nitrogens with zero attached hydrogens (tertiary/aromatic N) is 1. The predicted molar refractivity (Wildman–Crippen MR) is 99.5 cm³/mol. The molecule has 25 heavy (non-hydrogen) atoms. The van der Waals surface area contributed by atoms with E-state index in [0.717, 1.165) is 64.6 Å². The molecule has 1 aliphatic heterocycles. The highest BCUT2D eigenvalue weighted by Gasteiger charge is 2.23. The Morgan fingerprint density at radius 3 is 2.20 bits per heavy atom. The number of carbonyl (C=O) groups excluding carboxylic acids is 1. The molecular formula is C20H31N3O2. The summed E-state index contributed by atoms with van der Waals surface area (Å²) in [6.07, 6.45) is 6.31. The van der Waals surface area contributed by atoms with E-state index >= 15 is 0 Å².